The number of carbonyl (C=O) groups is 2. The molecule has 5 rings (SSSR count). The van der Waals surface area contributed by atoms with Gasteiger partial charge in [-0.3, -0.25) is 19.6 Å². The van der Waals surface area contributed by atoms with Crippen molar-refractivity contribution < 1.29 is 33.3 Å². The number of Topliss-reactive ketones (excluding diaryl/α,β-unsaturated/α-hetero) is 1. The number of nitrogens with zero attached hydrogens (tertiary/aromatic N) is 8. The average molecular weight is 733 g/mol. The summed E-state index contributed by atoms with van der Waals surface area (Å²) in [4.78, 5) is 36.7. The van der Waals surface area contributed by atoms with Gasteiger partial charge in [-0.15, -0.1) is 5.10 Å². The number of hydrogen-bond donors (Lipinski definition) is 3. The maximum atomic E-state index is 13.9. The smallest absolute Gasteiger partial charge is 0.251 e. The van der Waals surface area contributed by atoms with Crippen LogP contribution in [0, 0.1) is 5.82 Å². The molecule has 0 aliphatic carbocycles. The molecule has 1 aliphatic rings. The van der Waals surface area contributed by atoms with Crippen molar-refractivity contribution in [2.45, 2.75) is 19.2 Å². The Bertz CT molecular complexity index is 1950. The maximum Gasteiger partial charge on any atom is 0.251 e. The third-order valence-electron chi connectivity index (χ3n) is 7.52. The molecule has 52 heavy (non-hydrogen) atoms. The number of pyridine rings is 1. The highest BCUT2D eigenvalue weighted by atomic mass is 35.5. The SMILES string of the molecule is [N-]=[N+]=Nc1ccc(C(=O)NCCOCCOCCn2cc(COCC3=C(C(=O)CO)C(c4ccc(F)cc4Cl)N=C(c4ccncc4)N3)nn2)cc1. The van der Waals surface area contributed by atoms with E-state index >= 15 is 0 Å². The Kier molecular flexibility index (Phi) is 13.9. The van der Waals surface area contributed by atoms with Gasteiger partial charge in [-0.1, -0.05) is 40.1 Å². The molecular weight excluding hydrogens is 699 g/mol. The third-order valence-corrected chi connectivity index (χ3v) is 7.85. The van der Waals surface area contributed by atoms with Gasteiger partial charge in [-0.05, 0) is 41.9 Å². The van der Waals surface area contributed by atoms with Crippen LogP contribution in [-0.4, -0.2) is 88.8 Å². The van der Waals surface area contributed by atoms with Crippen molar-refractivity contribution >= 4 is 34.8 Å². The van der Waals surface area contributed by atoms with Crippen molar-refractivity contribution in [2.75, 3.05) is 46.2 Å². The number of aliphatic imine (C=N–C) groups is 1. The maximum absolute atomic E-state index is 13.9. The molecule has 2 aromatic heterocycles. The Labute approximate surface area is 301 Å². The second-order valence-electron chi connectivity index (χ2n) is 11.1. The molecule has 0 radical (unpaired) electrons. The highest BCUT2D eigenvalue weighted by molar-refractivity contribution is 6.31. The highest BCUT2D eigenvalue weighted by Gasteiger charge is 2.32. The van der Waals surface area contributed by atoms with Crippen molar-refractivity contribution in [1.29, 1.82) is 0 Å². The van der Waals surface area contributed by atoms with Crippen LogP contribution in [-0.2, 0) is 32.2 Å². The van der Waals surface area contributed by atoms with Gasteiger partial charge in [0.2, 0.25) is 0 Å². The number of ketones is 1. The summed E-state index contributed by atoms with van der Waals surface area (Å²) >= 11 is 6.40. The van der Waals surface area contributed by atoms with Gasteiger partial charge in [0.1, 0.15) is 30.0 Å². The van der Waals surface area contributed by atoms with E-state index in [1.165, 1.54) is 12.1 Å². The van der Waals surface area contributed by atoms with Crippen molar-refractivity contribution in [3.63, 3.8) is 0 Å². The summed E-state index contributed by atoms with van der Waals surface area (Å²) in [5.41, 5.74) is 11.4. The summed E-state index contributed by atoms with van der Waals surface area (Å²) in [6, 6.07) is 12.6. The van der Waals surface area contributed by atoms with E-state index in [4.69, 9.17) is 36.3 Å². The minimum absolute atomic E-state index is 0.0573. The van der Waals surface area contributed by atoms with E-state index in [1.807, 2.05) is 0 Å². The van der Waals surface area contributed by atoms with Crippen LogP contribution in [0.1, 0.15) is 33.2 Å². The molecule has 2 aromatic carbocycles. The lowest BCUT2D eigenvalue weighted by Crippen LogP contribution is -2.36. The number of halogens is 2. The first-order valence-electron chi connectivity index (χ1n) is 16.0. The van der Waals surface area contributed by atoms with E-state index in [0.29, 0.717) is 79.1 Å². The average Bonchev–Trinajstić information content (AvgIpc) is 3.61. The number of amides is 1. The fourth-order valence-corrected chi connectivity index (χ4v) is 5.32. The summed E-state index contributed by atoms with van der Waals surface area (Å²) in [6.07, 6.45) is 4.90. The molecule has 16 nitrogen and oxygen atoms in total. The molecule has 0 saturated carbocycles. The minimum atomic E-state index is -0.940. The Morgan fingerprint density at radius 2 is 1.81 bits per heavy atom. The van der Waals surface area contributed by atoms with Crippen molar-refractivity contribution in [3.05, 3.63) is 128 Å². The monoisotopic (exact) mass is 732 g/mol. The van der Waals surface area contributed by atoms with Crippen LogP contribution in [0.4, 0.5) is 10.1 Å². The number of nitrogens with one attached hydrogen (secondary N) is 2. The molecule has 4 aromatic rings. The third kappa shape index (κ3) is 10.5. The lowest BCUT2D eigenvalue weighted by Gasteiger charge is -2.28. The number of hydrogen-bond acceptors (Lipinski definition) is 12. The molecule has 1 aliphatic heterocycles. The zero-order valence-electron chi connectivity index (χ0n) is 27.7. The summed E-state index contributed by atoms with van der Waals surface area (Å²) in [7, 11) is 0. The van der Waals surface area contributed by atoms with Gasteiger partial charge < -0.3 is 30.0 Å². The first-order valence-corrected chi connectivity index (χ1v) is 16.4. The van der Waals surface area contributed by atoms with Gasteiger partial charge in [-0.2, -0.15) is 0 Å². The predicted molar refractivity (Wildman–Crippen MR) is 186 cm³/mol. The van der Waals surface area contributed by atoms with Crippen LogP contribution >= 0.6 is 11.6 Å². The van der Waals surface area contributed by atoms with Gasteiger partial charge in [0, 0.05) is 56.8 Å². The Balaban J connectivity index is 1.07. The normalized spacial score (nSPS) is 14.0. The number of ether oxygens (including phenoxy) is 3. The zero-order chi connectivity index (χ0) is 36.7. The van der Waals surface area contributed by atoms with E-state index in [-0.39, 0.29) is 29.7 Å². The molecule has 1 amide bonds. The largest absolute Gasteiger partial charge is 0.388 e. The Morgan fingerprint density at radius 1 is 1.04 bits per heavy atom. The van der Waals surface area contributed by atoms with E-state index in [2.05, 4.69) is 36.0 Å². The number of amidine groups is 1. The quantitative estimate of drug-likeness (QED) is 0.0546. The number of aliphatic hydroxyl groups excluding tert-OH is 1. The van der Waals surface area contributed by atoms with Crippen LogP contribution in [0.25, 0.3) is 10.4 Å². The minimum Gasteiger partial charge on any atom is -0.388 e. The van der Waals surface area contributed by atoms with Gasteiger partial charge in [0.15, 0.2) is 5.78 Å². The molecule has 1 unspecified atom stereocenters. The predicted octanol–water partition coefficient (Wildman–Crippen LogP) is 3.99. The van der Waals surface area contributed by atoms with E-state index in [9.17, 15) is 19.1 Å². The number of aliphatic hydroxyl groups is 1. The van der Waals surface area contributed by atoms with Crippen LogP contribution in [0.3, 0.4) is 0 Å². The fourth-order valence-electron chi connectivity index (χ4n) is 5.05. The number of aromatic nitrogens is 4. The standard InChI is InChI=1S/C34H34ClFN10O6/c35-28-17-24(36)3-6-27(28)32-31(30(48)19-47)29(40-33(41-32)22-7-9-38-10-8-22)21-52-20-26-18-46(45-43-26)12-14-51-16-15-50-13-11-39-34(49)23-1-4-25(5-2-23)42-44-37/h1-10,17-18,32,47H,11-16,19-21H2,(H,39,49)(H,40,41). The number of rotatable bonds is 19. The van der Waals surface area contributed by atoms with Crippen molar-refractivity contribution in [3.8, 4) is 0 Å². The molecule has 270 valence electrons. The van der Waals surface area contributed by atoms with Crippen LogP contribution in [0.2, 0.25) is 5.02 Å². The number of azide groups is 1. The van der Waals surface area contributed by atoms with Gasteiger partial charge in [0.25, 0.3) is 5.91 Å². The molecule has 3 N–H and O–H groups in total. The first-order chi connectivity index (χ1) is 25.4. The zero-order valence-corrected chi connectivity index (χ0v) is 28.4. The molecule has 18 heteroatoms. The van der Waals surface area contributed by atoms with Crippen LogP contribution in [0.15, 0.2) is 94.6 Å². The molecule has 0 bridgehead atoms. The van der Waals surface area contributed by atoms with E-state index in [0.717, 1.165) is 6.07 Å². The van der Waals surface area contributed by atoms with Gasteiger partial charge >= 0.3 is 0 Å². The Morgan fingerprint density at radius 3 is 2.54 bits per heavy atom. The molecular formula is C34H34ClFN10O6. The van der Waals surface area contributed by atoms with Crippen LogP contribution in [0.5, 0.6) is 0 Å². The van der Waals surface area contributed by atoms with Gasteiger partial charge in [-0.25, -0.2) is 9.07 Å². The highest BCUT2D eigenvalue weighted by Crippen LogP contribution is 2.36. The lowest BCUT2D eigenvalue weighted by molar-refractivity contribution is -0.118. The first kappa shape index (κ1) is 37.7. The fraction of sp³-hybridized carbons (Fsp3) is 0.294. The number of carbonyl (C=O) groups excluding carboxylic acids is 2. The van der Waals surface area contributed by atoms with E-state index < -0.39 is 24.2 Å². The molecule has 0 fully saturated rings. The molecule has 3 heterocycles. The summed E-state index contributed by atoms with van der Waals surface area (Å²) in [6.45, 7) is 1.27. The molecule has 0 spiro atoms. The summed E-state index contributed by atoms with van der Waals surface area (Å²) < 4.78 is 32.6. The van der Waals surface area contributed by atoms with E-state index in [1.54, 1.807) is 59.7 Å². The van der Waals surface area contributed by atoms with Crippen molar-refractivity contribution in [2.24, 2.45) is 10.1 Å². The van der Waals surface area contributed by atoms with Gasteiger partial charge in [0.05, 0.1) is 58.1 Å². The summed E-state index contributed by atoms with van der Waals surface area (Å²) in [5.74, 6) is -0.984. The summed E-state index contributed by atoms with van der Waals surface area (Å²) in [5, 5.41) is 27.5. The second-order valence-corrected chi connectivity index (χ2v) is 11.5. The molecule has 1 atom stereocenters. The lowest BCUT2D eigenvalue weighted by atomic mass is 9.92. The molecule has 0 saturated heterocycles. The van der Waals surface area contributed by atoms with Crippen molar-refractivity contribution in [1.82, 2.24) is 30.6 Å². The Hall–Kier alpha value is -5.55. The topological polar surface area (TPSA) is 211 Å². The number of benzene rings is 2. The second kappa shape index (κ2) is 19.2. The van der Waals surface area contributed by atoms with Crippen LogP contribution < -0.4 is 10.6 Å².